The molecule has 1 aromatic rings. The first-order valence-corrected chi connectivity index (χ1v) is 6.77. The number of hydrogen-bond donors (Lipinski definition) is 2. The van der Waals surface area contributed by atoms with Crippen LogP contribution in [0, 0.1) is 5.92 Å². The van der Waals surface area contributed by atoms with Gasteiger partial charge in [0.2, 0.25) is 5.91 Å². The smallest absolute Gasteiger partial charge is 0.303 e. The van der Waals surface area contributed by atoms with Gasteiger partial charge in [-0.1, -0.05) is 25.0 Å². The van der Waals surface area contributed by atoms with Gasteiger partial charge in [-0.25, -0.2) is 0 Å². The quantitative estimate of drug-likeness (QED) is 0.856. The lowest BCUT2D eigenvalue weighted by molar-refractivity contribution is -0.137. The van der Waals surface area contributed by atoms with Crippen molar-refractivity contribution in [3.05, 3.63) is 29.8 Å². The van der Waals surface area contributed by atoms with Crippen molar-refractivity contribution >= 4 is 17.6 Å². The molecule has 1 saturated carbocycles. The second kappa shape index (κ2) is 6.36. The summed E-state index contributed by atoms with van der Waals surface area (Å²) in [5.41, 5.74) is 1.70. The Morgan fingerprint density at radius 1 is 1.26 bits per heavy atom. The predicted molar refractivity (Wildman–Crippen MR) is 73.0 cm³/mol. The molecule has 2 N–H and O–H groups in total. The lowest BCUT2D eigenvalue weighted by Crippen LogP contribution is -2.20. The predicted octanol–water partition coefficient (Wildman–Crippen LogP) is 2.83. The summed E-state index contributed by atoms with van der Waals surface area (Å²) in [5.74, 6) is -0.573. The summed E-state index contributed by atoms with van der Waals surface area (Å²) < 4.78 is 0. The van der Waals surface area contributed by atoms with Crippen molar-refractivity contribution in [3.8, 4) is 0 Å². The molecule has 1 amide bonds. The first-order chi connectivity index (χ1) is 9.15. The van der Waals surface area contributed by atoms with Crippen LogP contribution in [-0.2, 0) is 16.0 Å². The Hall–Kier alpha value is -1.84. The van der Waals surface area contributed by atoms with Crippen LogP contribution in [-0.4, -0.2) is 17.0 Å². The molecular formula is C15H19NO3. The lowest BCUT2D eigenvalue weighted by Gasteiger charge is -2.11. The molecule has 0 unspecified atom stereocenters. The number of nitrogens with one attached hydrogen (secondary N) is 1. The topological polar surface area (TPSA) is 66.4 Å². The number of carbonyl (C=O) groups excluding carboxylic acids is 1. The van der Waals surface area contributed by atoms with E-state index < -0.39 is 5.97 Å². The maximum Gasteiger partial charge on any atom is 0.303 e. The zero-order valence-corrected chi connectivity index (χ0v) is 10.9. The zero-order chi connectivity index (χ0) is 13.7. The summed E-state index contributed by atoms with van der Waals surface area (Å²) in [6, 6.07) is 7.43. The summed E-state index contributed by atoms with van der Waals surface area (Å²) >= 11 is 0. The molecule has 1 aliphatic rings. The first kappa shape index (κ1) is 13.6. The molecule has 19 heavy (non-hydrogen) atoms. The fourth-order valence-corrected chi connectivity index (χ4v) is 2.49. The van der Waals surface area contributed by atoms with Crippen LogP contribution in [0.5, 0.6) is 0 Å². The number of aliphatic carboxylic acids is 1. The van der Waals surface area contributed by atoms with Gasteiger partial charge in [0.1, 0.15) is 0 Å². The molecule has 0 heterocycles. The van der Waals surface area contributed by atoms with Crippen LogP contribution in [0.25, 0.3) is 0 Å². The van der Waals surface area contributed by atoms with Crippen molar-refractivity contribution in [2.24, 2.45) is 5.92 Å². The monoisotopic (exact) mass is 261 g/mol. The number of hydrogen-bond acceptors (Lipinski definition) is 2. The van der Waals surface area contributed by atoms with Gasteiger partial charge >= 0.3 is 5.97 Å². The second-order valence-electron chi connectivity index (χ2n) is 5.06. The third-order valence-electron chi connectivity index (χ3n) is 3.55. The Labute approximate surface area is 112 Å². The highest BCUT2D eigenvalue weighted by molar-refractivity contribution is 5.92. The number of aryl methyl sites for hydroxylation is 1. The van der Waals surface area contributed by atoms with E-state index >= 15 is 0 Å². The van der Waals surface area contributed by atoms with E-state index in [9.17, 15) is 9.59 Å². The van der Waals surface area contributed by atoms with Crippen molar-refractivity contribution < 1.29 is 14.7 Å². The van der Waals surface area contributed by atoms with Crippen LogP contribution in [0.1, 0.15) is 37.7 Å². The van der Waals surface area contributed by atoms with Crippen LogP contribution < -0.4 is 5.32 Å². The molecule has 102 valence electrons. The molecule has 0 radical (unpaired) electrons. The maximum atomic E-state index is 12.0. The SMILES string of the molecule is O=C(O)CCc1cccc(NC(=O)C2CCCC2)c1. The molecule has 1 aliphatic carbocycles. The van der Waals surface area contributed by atoms with Crippen molar-refractivity contribution in [1.82, 2.24) is 0 Å². The van der Waals surface area contributed by atoms with E-state index in [0.717, 1.165) is 36.9 Å². The van der Waals surface area contributed by atoms with E-state index in [2.05, 4.69) is 5.32 Å². The van der Waals surface area contributed by atoms with Crippen molar-refractivity contribution in [3.63, 3.8) is 0 Å². The standard InChI is InChI=1S/C15H19NO3/c17-14(18)9-8-11-4-3-7-13(10-11)16-15(19)12-5-1-2-6-12/h3-4,7,10,12H,1-2,5-6,8-9H2,(H,16,19)(H,17,18). The third kappa shape index (κ3) is 4.09. The van der Waals surface area contributed by atoms with E-state index in [1.807, 2.05) is 24.3 Å². The Kier molecular flexibility index (Phi) is 4.55. The van der Waals surface area contributed by atoms with Gasteiger partial charge in [0.15, 0.2) is 0 Å². The summed E-state index contributed by atoms with van der Waals surface area (Å²) in [6.45, 7) is 0. The number of benzene rings is 1. The number of rotatable bonds is 5. The van der Waals surface area contributed by atoms with Crippen LogP contribution in [0.2, 0.25) is 0 Å². The summed E-state index contributed by atoms with van der Waals surface area (Å²) in [5, 5.41) is 11.6. The number of carboxylic acid groups (broad SMARTS) is 1. The minimum Gasteiger partial charge on any atom is -0.481 e. The normalized spacial score (nSPS) is 15.4. The molecule has 0 saturated heterocycles. The highest BCUT2D eigenvalue weighted by Crippen LogP contribution is 2.26. The van der Waals surface area contributed by atoms with E-state index in [4.69, 9.17) is 5.11 Å². The van der Waals surface area contributed by atoms with Crippen LogP contribution in [0.4, 0.5) is 5.69 Å². The number of carboxylic acids is 1. The van der Waals surface area contributed by atoms with Gasteiger partial charge < -0.3 is 10.4 Å². The average molecular weight is 261 g/mol. The molecule has 0 atom stereocenters. The number of amides is 1. The van der Waals surface area contributed by atoms with E-state index in [1.54, 1.807) is 0 Å². The Bertz CT molecular complexity index is 464. The van der Waals surface area contributed by atoms with Crippen LogP contribution in [0.3, 0.4) is 0 Å². The van der Waals surface area contributed by atoms with E-state index in [0.29, 0.717) is 6.42 Å². The fraction of sp³-hybridized carbons (Fsp3) is 0.467. The molecule has 0 aromatic heterocycles. The van der Waals surface area contributed by atoms with Crippen LogP contribution >= 0.6 is 0 Å². The third-order valence-corrected chi connectivity index (χ3v) is 3.55. The van der Waals surface area contributed by atoms with Gasteiger partial charge in [0.05, 0.1) is 0 Å². The molecule has 1 aromatic carbocycles. The van der Waals surface area contributed by atoms with Crippen molar-refractivity contribution in [1.29, 1.82) is 0 Å². The Balaban J connectivity index is 1.94. The second-order valence-corrected chi connectivity index (χ2v) is 5.06. The summed E-state index contributed by atoms with van der Waals surface area (Å²) in [7, 11) is 0. The average Bonchev–Trinajstić information content (AvgIpc) is 2.91. The molecular weight excluding hydrogens is 242 g/mol. The highest BCUT2D eigenvalue weighted by Gasteiger charge is 2.22. The molecule has 0 aliphatic heterocycles. The lowest BCUT2D eigenvalue weighted by atomic mass is 10.1. The largest absolute Gasteiger partial charge is 0.481 e. The fourth-order valence-electron chi connectivity index (χ4n) is 2.49. The van der Waals surface area contributed by atoms with Gasteiger partial charge in [0.25, 0.3) is 0 Å². The Morgan fingerprint density at radius 2 is 2.00 bits per heavy atom. The minimum atomic E-state index is -0.805. The summed E-state index contributed by atoms with van der Waals surface area (Å²) in [4.78, 5) is 22.5. The van der Waals surface area contributed by atoms with Crippen LogP contribution in [0.15, 0.2) is 24.3 Å². The maximum absolute atomic E-state index is 12.0. The molecule has 0 spiro atoms. The molecule has 2 rings (SSSR count). The number of anilines is 1. The van der Waals surface area contributed by atoms with Gasteiger partial charge in [-0.3, -0.25) is 9.59 Å². The molecule has 4 heteroatoms. The van der Waals surface area contributed by atoms with Crippen molar-refractivity contribution in [2.75, 3.05) is 5.32 Å². The molecule has 1 fully saturated rings. The van der Waals surface area contributed by atoms with Gasteiger partial charge in [-0.05, 0) is 37.0 Å². The highest BCUT2D eigenvalue weighted by atomic mass is 16.4. The first-order valence-electron chi connectivity index (χ1n) is 6.77. The Morgan fingerprint density at radius 3 is 2.68 bits per heavy atom. The summed E-state index contributed by atoms with van der Waals surface area (Å²) in [6.07, 6.45) is 4.82. The minimum absolute atomic E-state index is 0.0906. The van der Waals surface area contributed by atoms with Gasteiger partial charge in [0, 0.05) is 18.0 Å². The number of carbonyl (C=O) groups is 2. The molecule has 0 bridgehead atoms. The zero-order valence-electron chi connectivity index (χ0n) is 10.9. The van der Waals surface area contributed by atoms with Gasteiger partial charge in [-0.2, -0.15) is 0 Å². The van der Waals surface area contributed by atoms with E-state index in [-0.39, 0.29) is 18.2 Å². The molecule has 4 nitrogen and oxygen atoms in total. The van der Waals surface area contributed by atoms with E-state index in [1.165, 1.54) is 0 Å². The van der Waals surface area contributed by atoms with Crippen molar-refractivity contribution in [2.45, 2.75) is 38.5 Å². The van der Waals surface area contributed by atoms with Gasteiger partial charge in [-0.15, -0.1) is 0 Å².